The summed E-state index contributed by atoms with van der Waals surface area (Å²) in [6.45, 7) is 1.98. The van der Waals surface area contributed by atoms with Gasteiger partial charge in [-0.1, -0.05) is 29.8 Å². The number of ether oxygens (including phenoxy) is 1. The minimum absolute atomic E-state index is 0.155. The highest BCUT2D eigenvalue weighted by molar-refractivity contribution is 5.77. The number of aryl methyl sites for hydroxylation is 2. The maximum atomic E-state index is 12.0. The van der Waals surface area contributed by atoms with E-state index in [1.54, 1.807) is 30.3 Å². The Morgan fingerprint density at radius 3 is 2.67 bits per heavy atom. The summed E-state index contributed by atoms with van der Waals surface area (Å²) in [6, 6.07) is 14.5. The first-order valence-electron chi connectivity index (χ1n) is 7.87. The molecule has 3 aromatic rings. The average Bonchev–Trinajstić information content (AvgIpc) is 2.57. The molecule has 0 fully saturated rings. The highest BCUT2D eigenvalue weighted by Crippen LogP contribution is 2.13. The summed E-state index contributed by atoms with van der Waals surface area (Å²) in [7, 11) is 0. The first kappa shape index (κ1) is 15.9. The fourth-order valence-corrected chi connectivity index (χ4v) is 2.44. The predicted octanol–water partition coefficient (Wildman–Crippen LogP) is 3.16. The summed E-state index contributed by atoms with van der Waals surface area (Å²) in [5, 5.41) is 0.569. The Kier molecular flexibility index (Phi) is 4.70. The number of carbonyl (C=O) groups excluding carboxylic acids is 1. The molecule has 2 aromatic carbocycles. The van der Waals surface area contributed by atoms with E-state index < -0.39 is 0 Å². The van der Waals surface area contributed by atoms with Gasteiger partial charge in [0.05, 0.1) is 10.9 Å². The Morgan fingerprint density at radius 1 is 1.12 bits per heavy atom. The molecule has 0 atom stereocenters. The van der Waals surface area contributed by atoms with Crippen LogP contribution in [0.4, 0.5) is 0 Å². The first-order chi connectivity index (χ1) is 11.6. The van der Waals surface area contributed by atoms with E-state index in [0.717, 1.165) is 5.56 Å². The van der Waals surface area contributed by atoms with Crippen molar-refractivity contribution in [3.05, 3.63) is 70.3 Å². The van der Waals surface area contributed by atoms with Gasteiger partial charge in [0, 0.05) is 12.8 Å². The minimum atomic E-state index is -0.290. The van der Waals surface area contributed by atoms with Crippen molar-refractivity contribution in [2.45, 2.75) is 26.2 Å². The summed E-state index contributed by atoms with van der Waals surface area (Å²) >= 11 is 0. The molecule has 0 aliphatic carbocycles. The number of aromatic amines is 1. The lowest BCUT2D eigenvalue weighted by molar-refractivity contribution is -0.134. The zero-order valence-electron chi connectivity index (χ0n) is 13.4. The molecule has 0 aliphatic rings. The molecule has 0 saturated carbocycles. The van der Waals surface area contributed by atoms with E-state index >= 15 is 0 Å². The lowest BCUT2D eigenvalue weighted by Crippen LogP contribution is -2.13. The van der Waals surface area contributed by atoms with Gasteiger partial charge < -0.3 is 9.72 Å². The smallest absolute Gasteiger partial charge is 0.311 e. The lowest BCUT2D eigenvalue weighted by Gasteiger charge is -2.05. The number of hydrogen-bond acceptors (Lipinski definition) is 4. The van der Waals surface area contributed by atoms with Crippen molar-refractivity contribution in [2.75, 3.05) is 0 Å². The molecule has 1 N–H and O–H groups in total. The fraction of sp³-hybridized carbons (Fsp3) is 0.211. The van der Waals surface area contributed by atoms with E-state index in [4.69, 9.17) is 4.74 Å². The zero-order chi connectivity index (χ0) is 16.9. The number of H-pyrrole nitrogens is 1. The van der Waals surface area contributed by atoms with Gasteiger partial charge in [-0.2, -0.15) is 0 Å². The highest BCUT2D eigenvalue weighted by Gasteiger charge is 2.07. The third-order valence-electron chi connectivity index (χ3n) is 3.71. The van der Waals surface area contributed by atoms with E-state index in [1.807, 2.05) is 25.1 Å². The van der Waals surface area contributed by atoms with Crippen molar-refractivity contribution in [2.24, 2.45) is 0 Å². The van der Waals surface area contributed by atoms with Crippen LogP contribution in [-0.2, 0) is 11.2 Å². The van der Waals surface area contributed by atoms with Crippen LogP contribution in [0.5, 0.6) is 5.75 Å². The van der Waals surface area contributed by atoms with Crippen LogP contribution >= 0.6 is 0 Å². The van der Waals surface area contributed by atoms with Crippen LogP contribution in [-0.4, -0.2) is 15.9 Å². The molecule has 0 amide bonds. The lowest BCUT2D eigenvalue weighted by atomic mass is 10.2. The van der Waals surface area contributed by atoms with Gasteiger partial charge >= 0.3 is 5.97 Å². The second kappa shape index (κ2) is 7.08. The molecular formula is C19H18N2O3. The molecule has 0 bridgehead atoms. The number of para-hydroxylation sites is 1. The number of aromatic nitrogens is 2. The largest absolute Gasteiger partial charge is 0.427 e. The van der Waals surface area contributed by atoms with Crippen molar-refractivity contribution in [3.8, 4) is 5.75 Å². The van der Waals surface area contributed by atoms with Gasteiger partial charge in [0.15, 0.2) is 0 Å². The first-order valence-corrected chi connectivity index (χ1v) is 7.87. The average molecular weight is 322 g/mol. The topological polar surface area (TPSA) is 72.0 Å². The number of esters is 1. The van der Waals surface area contributed by atoms with Crippen molar-refractivity contribution >= 4 is 16.9 Å². The molecule has 0 radical (unpaired) electrons. The molecule has 122 valence electrons. The quantitative estimate of drug-likeness (QED) is 0.578. The Morgan fingerprint density at radius 2 is 1.88 bits per heavy atom. The van der Waals surface area contributed by atoms with Crippen molar-refractivity contribution < 1.29 is 9.53 Å². The third-order valence-corrected chi connectivity index (χ3v) is 3.71. The van der Waals surface area contributed by atoms with E-state index in [-0.39, 0.29) is 17.9 Å². The third kappa shape index (κ3) is 3.87. The molecule has 0 saturated heterocycles. The van der Waals surface area contributed by atoms with Crippen LogP contribution in [0, 0.1) is 6.92 Å². The summed E-state index contributed by atoms with van der Waals surface area (Å²) in [5.41, 5.74) is 1.62. The van der Waals surface area contributed by atoms with Gasteiger partial charge in [-0.25, -0.2) is 4.98 Å². The SMILES string of the molecule is Cc1ccc(OC(=O)CCCc2nc3ccccc3c(=O)[nH]2)cc1. The van der Waals surface area contributed by atoms with Gasteiger partial charge in [-0.3, -0.25) is 9.59 Å². The molecule has 0 spiro atoms. The maximum Gasteiger partial charge on any atom is 0.311 e. The number of benzene rings is 2. The fourth-order valence-electron chi connectivity index (χ4n) is 2.44. The summed E-state index contributed by atoms with van der Waals surface area (Å²) in [6.07, 6.45) is 1.35. The Balaban J connectivity index is 1.57. The second-order valence-corrected chi connectivity index (χ2v) is 5.67. The number of carbonyl (C=O) groups is 1. The van der Waals surface area contributed by atoms with Crippen LogP contribution in [0.15, 0.2) is 53.3 Å². The van der Waals surface area contributed by atoms with Gasteiger partial charge in [0.1, 0.15) is 11.6 Å². The predicted molar refractivity (Wildman–Crippen MR) is 92.1 cm³/mol. The standard InChI is InChI=1S/C19H18N2O3/c1-13-9-11-14(12-10-13)24-18(22)8-4-7-17-20-16-6-3-2-5-15(16)19(23)21-17/h2-3,5-6,9-12H,4,7-8H2,1H3,(H,20,21,23). The van der Waals surface area contributed by atoms with Crippen LogP contribution in [0.1, 0.15) is 24.2 Å². The number of hydrogen-bond donors (Lipinski definition) is 1. The van der Waals surface area contributed by atoms with Crippen LogP contribution < -0.4 is 10.3 Å². The normalized spacial score (nSPS) is 10.7. The van der Waals surface area contributed by atoms with E-state index in [9.17, 15) is 9.59 Å². The highest BCUT2D eigenvalue weighted by atomic mass is 16.5. The number of nitrogens with zero attached hydrogens (tertiary/aromatic N) is 1. The molecular weight excluding hydrogens is 304 g/mol. The van der Waals surface area contributed by atoms with Crippen molar-refractivity contribution in [1.82, 2.24) is 9.97 Å². The molecule has 0 unspecified atom stereocenters. The molecule has 24 heavy (non-hydrogen) atoms. The molecule has 5 nitrogen and oxygen atoms in total. The molecule has 3 rings (SSSR count). The van der Waals surface area contributed by atoms with Gasteiger partial charge in [0.25, 0.3) is 5.56 Å². The van der Waals surface area contributed by atoms with Crippen LogP contribution in [0.25, 0.3) is 10.9 Å². The minimum Gasteiger partial charge on any atom is -0.427 e. The number of nitrogens with one attached hydrogen (secondary N) is 1. The maximum absolute atomic E-state index is 12.0. The summed E-state index contributed by atoms with van der Waals surface area (Å²) < 4.78 is 5.27. The summed E-state index contributed by atoms with van der Waals surface area (Å²) in [4.78, 5) is 31.0. The van der Waals surface area contributed by atoms with Crippen molar-refractivity contribution in [1.29, 1.82) is 0 Å². The van der Waals surface area contributed by atoms with Crippen LogP contribution in [0.2, 0.25) is 0 Å². The molecule has 0 aliphatic heterocycles. The van der Waals surface area contributed by atoms with Gasteiger partial charge in [-0.05, 0) is 37.6 Å². The van der Waals surface area contributed by atoms with Gasteiger partial charge in [-0.15, -0.1) is 0 Å². The Labute approximate surface area is 139 Å². The number of fused-ring (bicyclic) bond motifs is 1. The van der Waals surface area contributed by atoms with Crippen molar-refractivity contribution in [3.63, 3.8) is 0 Å². The Hall–Kier alpha value is -2.95. The monoisotopic (exact) mass is 322 g/mol. The van der Waals surface area contributed by atoms with E-state index in [2.05, 4.69) is 9.97 Å². The second-order valence-electron chi connectivity index (χ2n) is 5.67. The van der Waals surface area contributed by atoms with Gasteiger partial charge in [0.2, 0.25) is 0 Å². The number of rotatable bonds is 5. The van der Waals surface area contributed by atoms with E-state index in [0.29, 0.717) is 35.3 Å². The molecule has 1 aromatic heterocycles. The van der Waals surface area contributed by atoms with Crippen LogP contribution in [0.3, 0.4) is 0 Å². The Bertz CT molecular complexity index is 914. The summed E-state index contributed by atoms with van der Waals surface area (Å²) in [5.74, 6) is 0.840. The molecule has 5 heteroatoms. The molecule has 1 heterocycles. The zero-order valence-corrected chi connectivity index (χ0v) is 13.4. The van der Waals surface area contributed by atoms with E-state index in [1.165, 1.54) is 0 Å².